The summed E-state index contributed by atoms with van der Waals surface area (Å²) in [7, 11) is 1.64. The van der Waals surface area contributed by atoms with E-state index in [1.54, 1.807) is 13.2 Å². The predicted octanol–water partition coefficient (Wildman–Crippen LogP) is 3.35. The van der Waals surface area contributed by atoms with Gasteiger partial charge in [0.05, 0.1) is 7.11 Å². The van der Waals surface area contributed by atoms with Crippen molar-refractivity contribution in [3.05, 3.63) is 47.5 Å². The Kier molecular flexibility index (Phi) is 4.66. The topological polar surface area (TPSA) is 44.5 Å². The fourth-order valence-corrected chi connectivity index (χ4v) is 1.97. The van der Waals surface area contributed by atoms with Gasteiger partial charge in [0.2, 0.25) is 0 Å². The number of benzene rings is 2. The molecule has 0 aliphatic rings. The highest BCUT2D eigenvalue weighted by Gasteiger charge is 2.07. The minimum atomic E-state index is 0.477. The number of ether oxygens (including phenoxy) is 2. The van der Waals surface area contributed by atoms with Crippen molar-refractivity contribution >= 4 is 11.6 Å². The average Bonchev–Trinajstić information content (AvgIpc) is 2.46. The Morgan fingerprint density at radius 2 is 1.84 bits per heavy atom. The van der Waals surface area contributed by atoms with Gasteiger partial charge in [0.1, 0.15) is 18.1 Å². The highest BCUT2D eigenvalue weighted by Crippen LogP contribution is 2.33. The summed E-state index contributed by atoms with van der Waals surface area (Å²) < 4.78 is 10.8. The standard InChI is InChI=1S/C15H16ClNO2/c1-18-13-5-2-11(3-6-13)14-10-12(16)4-7-15(14)19-9-8-17/h2-7,10H,8-9,17H2,1H3. The molecule has 0 fully saturated rings. The molecular formula is C15H16ClNO2. The number of halogens is 1. The van der Waals surface area contributed by atoms with Crippen LogP contribution in [0, 0.1) is 0 Å². The molecule has 0 aromatic heterocycles. The van der Waals surface area contributed by atoms with Crippen molar-refractivity contribution in [1.82, 2.24) is 0 Å². The van der Waals surface area contributed by atoms with Crippen LogP contribution in [0.5, 0.6) is 11.5 Å². The molecular weight excluding hydrogens is 262 g/mol. The molecule has 4 heteroatoms. The summed E-state index contributed by atoms with van der Waals surface area (Å²) in [5.41, 5.74) is 7.44. The van der Waals surface area contributed by atoms with Crippen molar-refractivity contribution < 1.29 is 9.47 Å². The summed E-state index contributed by atoms with van der Waals surface area (Å²) in [4.78, 5) is 0. The summed E-state index contributed by atoms with van der Waals surface area (Å²) >= 11 is 6.05. The van der Waals surface area contributed by atoms with Crippen LogP contribution in [0.15, 0.2) is 42.5 Å². The third-order valence-corrected chi connectivity index (χ3v) is 2.95. The molecule has 0 aliphatic carbocycles. The second-order valence-corrected chi connectivity index (χ2v) is 4.44. The van der Waals surface area contributed by atoms with Gasteiger partial charge in [0, 0.05) is 17.1 Å². The van der Waals surface area contributed by atoms with Crippen LogP contribution in [0.4, 0.5) is 0 Å². The van der Waals surface area contributed by atoms with Crippen molar-refractivity contribution in [2.75, 3.05) is 20.3 Å². The molecule has 0 spiro atoms. The number of hydrogen-bond acceptors (Lipinski definition) is 3. The molecule has 2 N–H and O–H groups in total. The lowest BCUT2D eigenvalue weighted by atomic mass is 10.0. The van der Waals surface area contributed by atoms with Crippen LogP contribution >= 0.6 is 11.6 Å². The van der Waals surface area contributed by atoms with Crippen LogP contribution < -0.4 is 15.2 Å². The SMILES string of the molecule is COc1ccc(-c2cc(Cl)ccc2OCCN)cc1. The third kappa shape index (κ3) is 3.40. The van der Waals surface area contributed by atoms with E-state index in [9.17, 15) is 0 Å². The van der Waals surface area contributed by atoms with Gasteiger partial charge in [0.25, 0.3) is 0 Å². The number of nitrogens with two attached hydrogens (primary N) is 1. The zero-order valence-electron chi connectivity index (χ0n) is 10.7. The Morgan fingerprint density at radius 3 is 2.47 bits per heavy atom. The molecule has 0 atom stereocenters. The third-order valence-electron chi connectivity index (χ3n) is 2.72. The second-order valence-electron chi connectivity index (χ2n) is 4.01. The normalized spacial score (nSPS) is 10.3. The molecule has 19 heavy (non-hydrogen) atoms. The van der Waals surface area contributed by atoms with Gasteiger partial charge in [-0.05, 0) is 35.9 Å². The quantitative estimate of drug-likeness (QED) is 0.911. The zero-order chi connectivity index (χ0) is 13.7. The van der Waals surface area contributed by atoms with Crippen molar-refractivity contribution in [1.29, 1.82) is 0 Å². The van der Waals surface area contributed by atoms with E-state index < -0.39 is 0 Å². The molecule has 0 unspecified atom stereocenters. The summed E-state index contributed by atoms with van der Waals surface area (Å²) in [5.74, 6) is 1.59. The lowest BCUT2D eigenvalue weighted by Crippen LogP contribution is -2.11. The van der Waals surface area contributed by atoms with Gasteiger partial charge in [-0.25, -0.2) is 0 Å². The lowest BCUT2D eigenvalue weighted by molar-refractivity contribution is 0.329. The Hall–Kier alpha value is -1.71. The molecule has 0 bridgehead atoms. The minimum absolute atomic E-state index is 0.477. The highest BCUT2D eigenvalue weighted by atomic mass is 35.5. The van der Waals surface area contributed by atoms with Crippen LogP contribution in [-0.2, 0) is 0 Å². The lowest BCUT2D eigenvalue weighted by Gasteiger charge is -2.12. The van der Waals surface area contributed by atoms with Crippen molar-refractivity contribution in [3.8, 4) is 22.6 Å². The van der Waals surface area contributed by atoms with Gasteiger partial charge < -0.3 is 15.2 Å². The zero-order valence-corrected chi connectivity index (χ0v) is 11.5. The van der Waals surface area contributed by atoms with Crippen LogP contribution in [0.2, 0.25) is 5.02 Å². The molecule has 0 saturated carbocycles. The molecule has 100 valence electrons. The smallest absolute Gasteiger partial charge is 0.127 e. The first-order valence-corrected chi connectivity index (χ1v) is 6.39. The van der Waals surface area contributed by atoms with E-state index in [-0.39, 0.29) is 0 Å². The number of methoxy groups -OCH3 is 1. The molecule has 2 aromatic carbocycles. The fraction of sp³-hybridized carbons (Fsp3) is 0.200. The van der Waals surface area contributed by atoms with Gasteiger partial charge in [-0.15, -0.1) is 0 Å². The molecule has 0 radical (unpaired) electrons. The van der Waals surface area contributed by atoms with E-state index in [0.29, 0.717) is 18.2 Å². The summed E-state index contributed by atoms with van der Waals surface area (Å²) in [5, 5.41) is 0.672. The predicted molar refractivity (Wildman–Crippen MR) is 78.0 cm³/mol. The first kappa shape index (κ1) is 13.7. The van der Waals surface area contributed by atoms with E-state index in [1.807, 2.05) is 36.4 Å². The number of rotatable bonds is 5. The molecule has 3 nitrogen and oxygen atoms in total. The second kappa shape index (κ2) is 6.45. The van der Waals surface area contributed by atoms with Crippen molar-refractivity contribution in [3.63, 3.8) is 0 Å². The number of hydrogen-bond donors (Lipinski definition) is 1. The van der Waals surface area contributed by atoms with E-state index in [1.165, 1.54) is 0 Å². The molecule has 0 aliphatic heterocycles. The Balaban J connectivity index is 2.37. The van der Waals surface area contributed by atoms with Gasteiger partial charge in [-0.2, -0.15) is 0 Å². The minimum Gasteiger partial charge on any atom is -0.497 e. The van der Waals surface area contributed by atoms with Gasteiger partial charge in [0.15, 0.2) is 0 Å². The highest BCUT2D eigenvalue weighted by molar-refractivity contribution is 6.31. The van der Waals surface area contributed by atoms with Crippen molar-refractivity contribution in [2.24, 2.45) is 5.73 Å². The summed E-state index contributed by atoms with van der Waals surface area (Å²) in [6, 6.07) is 13.3. The Morgan fingerprint density at radius 1 is 1.11 bits per heavy atom. The van der Waals surface area contributed by atoms with E-state index >= 15 is 0 Å². The molecule has 2 aromatic rings. The molecule has 2 rings (SSSR count). The monoisotopic (exact) mass is 277 g/mol. The average molecular weight is 278 g/mol. The first-order valence-electron chi connectivity index (χ1n) is 6.01. The van der Waals surface area contributed by atoms with Gasteiger partial charge >= 0.3 is 0 Å². The first-order chi connectivity index (χ1) is 9.24. The van der Waals surface area contributed by atoms with Crippen LogP contribution in [0.1, 0.15) is 0 Å². The van der Waals surface area contributed by atoms with E-state index in [4.69, 9.17) is 26.8 Å². The maximum Gasteiger partial charge on any atom is 0.127 e. The maximum atomic E-state index is 6.05. The van der Waals surface area contributed by atoms with E-state index in [0.717, 1.165) is 22.6 Å². The van der Waals surface area contributed by atoms with Crippen LogP contribution in [0.3, 0.4) is 0 Å². The molecule has 0 amide bonds. The Bertz CT molecular complexity index is 540. The van der Waals surface area contributed by atoms with E-state index in [2.05, 4.69) is 0 Å². The summed E-state index contributed by atoms with van der Waals surface area (Å²) in [6.45, 7) is 0.954. The van der Waals surface area contributed by atoms with Gasteiger partial charge in [-0.1, -0.05) is 23.7 Å². The molecule has 0 saturated heterocycles. The molecule has 0 heterocycles. The Labute approximate surface area is 117 Å². The van der Waals surface area contributed by atoms with Crippen LogP contribution in [-0.4, -0.2) is 20.3 Å². The van der Waals surface area contributed by atoms with Gasteiger partial charge in [-0.3, -0.25) is 0 Å². The van der Waals surface area contributed by atoms with Crippen molar-refractivity contribution in [2.45, 2.75) is 0 Å². The summed E-state index contributed by atoms with van der Waals surface area (Å²) in [6.07, 6.45) is 0. The largest absolute Gasteiger partial charge is 0.497 e. The van der Waals surface area contributed by atoms with Crippen LogP contribution in [0.25, 0.3) is 11.1 Å². The maximum absolute atomic E-state index is 6.05. The fourth-order valence-electron chi connectivity index (χ4n) is 1.79.